The normalized spacial score (nSPS) is 15.4. The molecule has 3 rings (SSSR count). The van der Waals surface area contributed by atoms with Crippen LogP contribution in [0, 0.1) is 0 Å². The van der Waals surface area contributed by atoms with Crippen molar-refractivity contribution >= 4 is 22.4 Å². The van der Waals surface area contributed by atoms with Gasteiger partial charge < -0.3 is 14.8 Å². The summed E-state index contributed by atoms with van der Waals surface area (Å²) in [4.78, 5) is 14.0. The second kappa shape index (κ2) is 8.13. The van der Waals surface area contributed by atoms with Crippen molar-refractivity contribution in [3.8, 4) is 5.75 Å². The predicted molar refractivity (Wildman–Crippen MR) is 95.6 cm³/mol. The maximum absolute atomic E-state index is 11.7. The number of ether oxygens (including phenoxy) is 2. The molecule has 0 saturated carbocycles. The molecule has 24 heavy (non-hydrogen) atoms. The fourth-order valence-corrected chi connectivity index (χ4v) is 2.85. The van der Waals surface area contributed by atoms with E-state index in [1.165, 1.54) is 0 Å². The maximum atomic E-state index is 11.7. The fraction of sp³-hybridized carbons (Fsp3) is 0.421. The fourth-order valence-electron chi connectivity index (χ4n) is 2.85. The van der Waals surface area contributed by atoms with Gasteiger partial charge in [-0.1, -0.05) is 31.2 Å². The van der Waals surface area contributed by atoms with Gasteiger partial charge in [-0.05, 0) is 12.1 Å². The van der Waals surface area contributed by atoms with Crippen molar-refractivity contribution in [2.75, 3.05) is 44.8 Å². The minimum Gasteiger partial charge on any atom is -0.492 e. The molecule has 0 aromatic heterocycles. The Hall–Kier alpha value is -2.11. The predicted octanol–water partition coefficient (Wildman–Crippen LogP) is 2.90. The van der Waals surface area contributed by atoms with Crippen molar-refractivity contribution in [1.82, 2.24) is 4.90 Å². The third kappa shape index (κ3) is 4.04. The highest BCUT2D eigenvalue weighted by Crippen LogP contribution is 2.31. The van der Waals surface area contributed by atoms with Gasteiger partial charge >= 0.3 is 0 Å². The van der Waals surface area contributed by atoms with E-state index in [0.717, 1.165) is 55.1 Å². The average molecular weight is 328 g/mol. The molecule has 1 fully saturated rings. The molecular weight excluding hydrogens is 304 g/mol. The van der Waals surface area contributed by atoms with Crippen molar-refractivity contribution in [2.24, 2.45) is 0 Å². The van der Waals surface area contributed by atoms with Gasteiger partial charge in [0.2, 0.25) is 5.91 Å². The minimum absolute atomic E-state index is 0.0149. The Morgan fingerprint density at radius 3 is 2.67 bits per heavy atom. The Morgan fingerprint density at radius 2 is 1.92 bits per heavy atom. The summed E-state index contributed by atoms with van der Waals surface area (Å²) in [5.74, 6) is 0.870. The molecule has 1 heterocycles. The maximum Gasteiger partial charge on any atom is 0.224 e. The molecule has 2 aromatic carbocycles. The second-order valence-corrected chi connectivity index (χ2v) is 5.86. The lowest BCUT2D eigenvalue weighted by Gasteiger charge is -2.26. The summed E-state index contributed by atoms with van der Waals surface area (Å²) in [5.41, 5.74) is 0.831. The van der Waals surface area contributed by atoms with Gasteiger partial charge in [-0.2, -0.15) is 0 Å². The molecule has 0 atom stereocenters. The van der Waals surface area contributed by atoms with Crippen LogP contribution in [0.3, 0.4) is 0 Å². The molecule has 1 saturated heterocycles. The highest BCUT2D eigenvalue weighted by Gasteiger charge is 2.11. The lowest BCUT2D eigenvalue weighted by Crippen LogP contribution is -2.38. The zero-order chi connectivity index (χ0) is 16.8. The van der Waals surface area contributed by atoms with Crippen LogP contribution in [-0.4, -0.2) is 50.3 Å². The number of amides is 1. The lowest BCUT2D eigenvalue weighted by atomic mass is 10.1. The number of nitrogens with one attached hydrogen (secondary N) is 1. The number of anilines is 1. The zero-order valence-electron chi connectivity index (χ0n) is 14.1. The van der Waals surface area contributed by atoms with Crippen LogP contribution in [0.2, 0.25) is 0 Å². The van der Waals surface area contributed by atoms with E-state index in [0.29, 0.717) is 13.0 Å². The van der Waals surface area contributed by atoms with E-state index in [-0.39, 0.29) is 5.91 Å². The molecule has 0 radical (unpaired) electrons. The molecule has 5 heteroatoms. The topological polar surface area (TPSA) is 50.8 Å². The van der Waals surface area contributed by atoms with Crippen molar-refractivity contribution < 1.29 is 14.3 Å². The zero-order valence-corrected chi connectivity index (χ0v) is 14.1. The summed E-state index contributed by atoms with van der Waals surface area (Å²) in [6.07, 6.45) is 0.464. The number of nitrogens with zero attached hydrogens (tertiary/aromatic N) is 1. The molecule has 5 nitrogen and oxygen atoms in total. The summed E-state index contributed by atoms with van der Waals surface area (Å²) >= 11 is 0. The number of hydrogen-bond acceptors (Lipinski definition) is 4. The smallest absolute Gasteiger partial charge is 0.224 e. The molecule has 0 aliphatic carbocycles. The third-order valence-electron chi connectivity index (χ3n) is 4.25. The molecular formula is C19H24N2O3. The number of carbonyl (C=O) groups excluding carboxylic acids is 1. The summed E-state index contributed by atoms with van der Waals surface area (Å²) < 4.78 is 11.4. The van der Waals surface area contributed by atoms with Gasteiger partial charge in [-0.15, -0.1) is 0 Å². The number of rotatable bonds is 6. The summed E-state index contributed by atoms with van der Waals surface area (Å²) in [6, 6.07) is 11.9. The van der Waals surface area contributed by atoms with Gasteiger partial charge in [-0.3, -0.25) is 9.69 Å². The van der Waals surface area contributed by atoms with E-state index in [1.807, 2.05) is 43.3 Å². The SMILES string of the molecule is CCC(=O)Nc1ccc(OCCN2CCOCC2)c2ccccc12. The first-order valence-corrected chi connectivity index (χ1v) is 8.52. The molecule has 1 aliphatic heterocycles. The lowest BCUT2D eigenvalue weighted by molar-refractivity contribution is -0.115. The van der Waals surface area contributed by atoms with Crippen molar-refractivity contribution in [1.29, 1.82) is 0 Å². The summed E-state index contributed by atoms with van der Waals surface area (Å²) in [7, 11) is 0. The van der Waals surface area contributed by atoms with Crippen molar-refractivity contribution in [3.05, 3.63) is 36.4 Å². The van der Waals surface area contributed by atoms with Gasteiger partial charge in [0, 0.05) is 42.5 Å². The van der Waals surface area contributed by atoms with E-state index >= 15 is 0 Å². The van der Waals surface area contributed by atoms with Crippen molar-refractivity contribution in [3.63, 3.8) is 0 Å². The highest BCUT2D eigenvalue weighted by molar-refractivity contribution is 6.04. The molecule has 1 N–H and O–H groups in total. The number of morpholine rings is 1. The number of carbonyl (C=O) groups is 1. The molecule has 2 aromatic rings. The second-order valence-electron chi connectivity index (χ2n) is 5.86. The average Bonchev–Trinajstić information content (AvgIpc) is 2.64. The summed E-state index contributed by atoms with van der Waals surface area (Å²) in [6.45, 7) is 6.92. The molecule has 128 valence electrons. The quantitative estimate of drug-likeness (QED) is 0.886. The third-order valence-corrected chi connectivity index (χ3v) is 4.25. The van der Waals surface area contributed by atoms with Gasteiger partial charge in [-0.25, -0.2) is 0 Å². The molecule has 1 aliphatic rings. The molecule has 0 unspecified atom stereocenters. The number of hydrogen-bond donors (Lipinski definition) is 1. The van der Waals surface area contributed by atoms with Crippen LogP contribution < -0.4 is 10.1 Å². The minimum atomic E-state index is 0.0149. The van der Waals surface area contributed by atoms with Crippen LogP contribution >= 0.6 is 0 Å². The Morgan fingerprint density at radius 1 is 1.17 bits per heavy atom. The molecule has 0 spiro atoms. The van der Waals surface area contributed by atoms with Gasteiger partial charge in [0.05, 0.1) is 13.2 Å². The van der Waals surface area contributed by atoms with Crippen LogP contribution in [0.1, 0.15) is 13.3 Å². The van der Waals surface area contributed by atoms with E-state index in [9.17, 15) is 4.79 Å². The Balaban J connectivity index is 1.71. The Labute approximate surface area is 142 Å². The van der Waals surface area contributed by atoms with Crippen LogP contribution in [0.25, 0.3) is 10.8 Å². The van der Waals surface area contributed by atoms with Gasteiger partial charge in [0.25, 0.3) is 0 Å². The van der Waals surface area contributed by atoms with Crippen LogP contribution in [-0.2, 0) is 9.53 Å². The summed E-state index contributed by atoms with van der Waals surface area (Å²) in [5, 5.41) is 4.98. The van der Waals surface area contributed by atoms with E-state index in [1.54, 1.807) is 0 Å². The first-order chi connectivity index (χ1) is 11.8. The van der Waals surface area contributed by atoms with Crippen molar-refractivity contribution in [2.45, 2.75) is 13.3 Å². The first kappa shape index (κ1) is 16.7. The van der Waals surface area contributed by atoms with Crippen LogP contribution in [0.15, 0.2) is 36.4 Å². The van der Waals surface area contributed by atoms with Gasteiger partial charge in [0.1, 0.15) is 12.4 Å². The van der Waals surface area contributed by atoms with Crippen LogP contribution in [0.4, 0.5) is 5.69 Å². The highest BCUT2D eigenvalue weighted by atomic mass is 16.5. The van der Waals surface area contributed by atoms with Crippen LogP contribution in [0.5, 0.6) is 5.75 Å². The molecule has 1 amide bonds. The Bertz CT molecular complexity index is 696. The van der Waals surface area contributed by atoms with E-state index < -0.39 is 0 Å². The standard InChI is InChI=1S/C19H24N2O3/c1-2-19(22)20-17-7-8-18(16-6-4-3-5-15(16)17)24-14-11-21-9-12-23-13-10-21/h3-8H,2,9-14H2,1H3,(H,20,22). The molecule has 0 bridgehead atoms. The monoisotopic (exact) mass is 328 g/mol. The number of benzene rings is 2. The Kier molecular flexibility index (Phi) is 5.67. The largest absolute Gasteiger partial charge is 0.492 e. The van der Waals surface area contributed by atoms with Gasteiger partial charge in [0.15, 0.2) is 0 Å². The van der Waals surface area contributed by atoms with E-state index in [2.05, 4.69) is 10.2 Å². The number of fused-ring (bicyclic) bond motifs is 1. The first-order valence-electron chi connectivity index (χ1n) is 8.52. The van der Waals surface area contributed by atoms with E-state index in [4.69, 9.17) is 9.47 Å².